The molecule has 2 heterocycles. The number of aryl methyl sites for hydroxylation is 1. The Bertz CT molecular complexity index is 462. The maximum absolute atomic E-state index is 5.53. The van der Waals surface area contributed by atoms with Crippen LogP contribution in [0.4, 0.5) is 5.82 Å². The quantitative estimate of drug-likeness (QED) is 0.786. The van der Waals surface area contributed by atoms with Gasteiger partial charge in [-0.25, -0.2) is 4.98 Å². The van der Waals surface area contributed by atoms with Gasteiger partial charge in [-0.2, -0.15) is 5.10 Å². The van der Waals surface area contributed by atoms with Crippen LogP contribution in [0.1, 0.15) is 0 Å². The predicted octanol–water partition coefficient (Wildman–Crippen LogP) is 0.363. The maximum atomic E-state index is 5.53. The first kappa shape index (κ1) is 9.92. The van der Waals surface area contributed by atoms with Gasteiger partial charge in [-0.05, 0) is 6.07 Å². The average molecular weight is 205 g/mol. The van der Waals surface area contributed by atoms with E-state index in [4.69, 9.17) is 5.73 Å². The fraction of sp³-hybridized carbons (Fsp3) is 0.400. The monoisotopic (exact) mass is 205 g/mol. The van der Waals surface area contributed by atoms with E-state index in [1.54, 1.807) is 6.20 Å². The molecule has 2 aromatic rings. The number of aromatic nitrogens is 3. The van der Waals surface area contributed by atoms with E-state index < -0.39 is 0 Å². The number of hydrogen-bond acceptors (Lipinski definition) is 4. The van der Waals surface area contributed by atoms with Crippen molar-refractivity contribution in [2.45, 2.75) is 0 Å². The molecule has 0 saturated heterocycles. The molecule has 5 heteroatoms. The highest BCUT2D eigenvalue weighted by atomic mass is 15.3. The second-order valence-electron chi connectivity index (χ2n) is 3.55. The molecule has 0 aliphatic rings. The number of nitrogens with zero attached hydrogens (tertiary/aromatic N) is 4. The number of likely N-dealkylation sites (N-methyl/N-ethyl adjacent to an activating group) is 1. The molecule has 2 rings (SSSR count). The van der Waals surface area contributed by atoms with Gasteiger partial charge in [-0.3, -0.25) is 4.68 Å². The third-order valence-electron chi connectivity index (χ3n) is 2.48. The molecule has 0 fully saturated rings. The Kier molecular flexibility index (Phi) is 2.55. The predicted molar refractivity (Wildman–Crippen MR) is 60.8 cm³/mol. The van der Waals surface area contributed by atoms with Crippen molar-refractivity contribution in [3.8, 4) is 0 Å². The maximum Gasteiger partial charge on any atom is 0.139 e. The SMILES string of the molecule is CN(CCN)c1nccc2c1cnn2C. The normalized spacial score (nSPS) is 10.9. The van der Waals surface area contributed by atoms with Gasteiger partial charge in [-0.1, -0.05) is 0 Å². The third-order valence-corrected chi connectivity index (χ3v) is 2.48. The molecule has 0 bridgehead atoms. The fourth-order valence-electron chi connectivity index (χ4n) is 1.67. The van der Waals surface area contributed by atoms with Crippen molar-refractivity contribution in [1.29, 1.82) is 0 Å². The zero-order chi connectivity index (χ0) is 10.8. The van der Waals surface area contributed by atoms with E-state index in [2.05, 4.69) is 10.1 Å². The minimum atomic E-state index is 0.620. The molecule has 0 aliphatic carbocycles. The molecule has 5 nitrogen and oxygen atoms in total. The van der Waals surface area contributed by atoms with E-state index in [9.17, 15) is 0 Å². The molecule has 2 N–H and O–H groups in total. The van der Waals surface area contributed by atoms with Gasteiger partial charge in [-0.15, -0.1) is 0 Å². The second-order valence-corrected chi connectivity index (χ2v) is 3.55. The van der Waals surface area contributed by atoms with Crippen molar-refractivity contribution in [3.63, 3.8) is 0 Å². The summed E-state index contributed by atoms with van der Waals surface area (Å²) in [5, 5.41) is 5.28. The number of rotatable bonds is 3. The standard InChI is InChI=1S/C10H15N5/c1-14(6-4-11)10-8-7-13-15(2)9(8)3-5-12-10/h3,5,7H,4,6,11H2,1-2H3. The first-order valence-electron chi connectivity index (χ1n) is 4.92. The van der Waals surface area contributed by atoms with E-state index >= 15 is 0 Å². The minimum absolute atomic E-state index is 0.620. The van der Waals surface area contributed by atoms with Crippen LogP contribution >= 0.6 is 0 Å². The summed E-state index contributed by atoms with van der Waals surface area (Å²) in [6.07, 6.45) is 3.64. The Labute approximate surface area is 88.5 Å². The van der Waals surface area contributed by atoms with Gasteiger partial charge in [0.1, 0.15) is 5.82 Å². The first-order chi connectivity index (χ1) is 7.24. The molecular formula is C10H15N5. The van der Waals surface area contributed by atoms with Gasteiger partial charge < -0.3 is 10.6 Å². The molecule has 0 atom stereocenters. The average Bonchev–Trinajstić information content (AvgIpc) is 2.61. The van der Waals surface area contributed by atoms with Gasteiger partial charge in [0.05, 0.1) is 17.1 Å². The molecular weight excluding hydrogens is 190 g/mol. The van der Waals surface area contributed by atoms with Gasteiger partial charge in [0.2, 0.25) is 0 Å². The molecule has 0 amide bonds. The van der Waals surface area contributed by atoms with Crippen molar-refractivity contribution in [2.75, 3.05) is 25.0 Å². The molecule has 80 valence electrons. The summed E-state index contributed by atoms with van der Waals surface area (Å²) in [6, 6.07) is 1.96. The van der Waals surface area contributed by atoms with Crippen molar-refractivity contribution in [1.82, 2.24) is 14.8 Å². The van der Waals surface area contributed by atoms with Crippen molar-refractivity contribution in [2.24, 2.45) is 12.8 Å². The van der Waals surface area contributed by atoms with Crippen molar-refractivity contribution >= 4 is 16.7 Å². The molecule has 15 heavy (non-hydrogen) atoms. The van der Waals surface area contributed by atoms with Gasteiger partial charge in [0.15, 0.2) is 0 Å². The molecule has 0 aliphatic heterocycles. The third kappa shape index (κ3) is 1.66. The van der Waals surface area contributed by atoms with Crippen LogP contribution < -0.4 is 10.6 Å². The Balaban J connectivity index is 2.51. The molecule has 2 aromatic heterocycles. The van der Waals surface area contributed by atoms with Crippen molar-refractivity contribution in [3.05, 3.63) is 18.5 Å². The van der Waals surface area contributed by atoms with Gasteiger partial charge in [0.25, 0.3) is 0 Å². The van der Waals surface area contributed by atoms with Crippen LogP contribution in [0.3, 0.4) is 0 Å². The van der Waals surface area contributed by atoms with E-state index in [0.29, 0.717) is 6.54 Å². The number of fused-ring (bicyclic) bond motifs is 1. The highest BCUT2D eigenvalue weighted by Gasteiger charge is 2.09. The van der Waals surface area contributed by atoms with Crippen LogP contribution in [-0.4, -0.2) is 34.9 Å². The van der Waals surface area contributed by atoms with Crippen LogP contribution in [0.5, 0.6) is 0 Å². The summed E-state index contributed by atoms with van der Waals surface area (Å²) >= 11 is 0. The lowest BCUT2D eigenvalue weighted by atomic mass is 10.3. The smallest absolute Gasteiger partial charge is 0.139 e. The van der Waals surface area contributed by atoms with Crippen LogP contribution in [0, 0.1) is 0 Å². The first-order valence-corrected chi connectivity index (χ1v) is 4.92. The Morgan fingerprint density at radius 3 is 3.07 bits per heavy atom. The second kappa shape index (κ2) is 3.86. The summed E-state index contributed by atoms with van der Waals surface area (Å²) in [6.45, 7) is 1.41. The van der Waals surface area contributed by atoms with Gasteiger partial charge in [0, 0.05) is 33.4 Å². The van der Waals surface area contributed by atoms with Crippen molar-refractivity contribution < 1.29 is 0 Å². The van der Waals surface area contributed by atoms with Crippen LogP contribution in [0.25, 0.3) is 10.9 Å². The highest BCUT2D eigenvalue weighted by Crippen LogP contribution is 2.22. The fourth-order valence-corrected chi connectivity index (χ4v) is 1.67. The Morgan fingerprint density at radius 2 is 2.33 bits per heavy atom. The topological polar surface area (TPSA) is 60.0 Å². The number of anilines is 1. The summed E-state index contributed by atoms with van der Waals surface area (Å²) in [5.74, 6) is 0.936. The van der Waals surface area contributed by atoms with E-state index in [-0.39, 0.29) is 0 Å². The largest absolute Gasteiger partial charge is 0.358 e. The summed E-state index contributed by atoms with van der Waals surface area (Å²) < 4.78 is 1.84. The summed E-state index contributed by atoms with van der Waals surface area (Å²) in [4.78, 5) is 6.40. The van der Waals surface area contributed by atoms with Crippen LogP contribution in [-0.2, 0) is 7.05 Å². The molecule has 0 unspecified atom stereocenters. The molecule has 0 aromatic carbocycles. The van der Waals surface area contributed by atoms with E-state index in [1.165, 1.54) is 0 Å². The van der Waals surface area contributed by atoms with Crippen LogP contribution in [0.2, 0.25) is 0 Å². The Morgan fingerprint density at radius 1 is 1.53 bits per heavy atom. The zero-order valence-electron chi connectivity index (χ0n) is 9.01. The number of nitrogens with two attached hydrogens (primary N) is 1. The van der Waals surface area contributed by atoms with E-state index in [1.807, 2.05) is 35.9 Å². The van der Waals surface area contributed by atoms with Crippen LogP contribution in [0.15, 0.2) is 18.5 Å². The Hall–Kier alpha value is -1.62. The lowest BCUT2D eigenvalue weighted by molar-refractivity contribution is 0.796. The lowest BCUT2D eigenvalue weighted by Gasteiger charge is -2.17. The molecule has 0 saturated carbocycles. The highest BCUT2D eigenvalue weighted by molar-refractivity contribution is 5.89. The number of hydrogen-bond donors (Lipinski definition) is 1. The molecule has 0 radical (unpaired) electrons. The minimum Gasteiger partial charge on any atom is -0.358 e. The zero-order valence-corrected chi connectivity index (χ0v) is 9.01. The van der Waals surface area contributed by atoms with Gasteiger partial charge >= 0.3 is 0 Å². The summed E-state index contributed by atoms with van der Waals surface area (Å²) in [5.41, 5.74) is 6.61. The van der Waals surface area contributed by atoms with E-state index in [0.717, 1.165) is 23.3 Å². The molecule has 0 spiro atoms. The number of pyridine rings is 1. The summed E-state index contributed by atoms with van der Waals surface area (Å²) in [7, 11) is 3.91. The lowest BCUT2D eigenvalue weighted by Crippen LogP contribution is -2.25.